The molecule has 110 valence electrons. The van der Waals surface area contributed by atoms with E-state index in [-0.39, 0.29) is 0 Å². The minimum atomic E-state index is 0.372. The zero-order valence-corrected chi connectivity index (χ0v) is 12.5. The summed E-state index contributed by atoms with van der Waals surface area (Å²) in [6.45, 7) is 0. The average Bonchev–Trinajstić information content (AvgIpc) is 2.45. The van der Waals surface area contributed by atoms with Crippen LogP contribution < -0.4 is 11.3 Å². The maximum Gasteiger partial charge on any atom is 0.0419 e. The van der Waals surface area contributed by atoms with Crippen LogP contribution in [0.15, 0.2) is 42.0 Å². The average molecular weight is 272 g/mol. The van der Waals surface area contributed by atoms with Gasteiger partial charge < -0.3 is 0 Å². The molecule has 0 saturated heterocycles. The largest absolute Gasteiger partial charge is 0.271 e. The third kappa shape index (κ3) is 5.10. The molecule has 20 heavy (non-hydrogen) atoms. The van der Waals surface area contributed by atoms with Crippen molar-refractivity contribution in [3.05, 3.63) is 47.5 Å². The second kappa shape index (κ2) is 8.93. The van der Waals surface area contributed by atoms with Gasteiger partial charge in [-0.05, 0) is 50.5 Å². The van der Waals surface area contributed by atoms with Crippen LogP contribution in [0.1, 0.15) is 56.9 Å². The van der Waals surface area contributed by atoms with Gasteiger partial charge in [0.1, 0.15) is 0 Å². The summed E-state index contributed by atoms with van der Waals surface area (Å²) >= 11 is 0. The fourth-order valence-corrected chi connectivity index (χ4v) is 3.06. The molecule has 2 heteroatoms. The van der Waals surface area contributed by atoms with Gasteiger partial charge in [-0.15, -0.1) is 0 Å². The third-order valence-corrected chi connectivity index (χ3v) is 4.28. The molecule has 0 aromatic heterocycles. The maximum absolute atomic E-state index is 5.78. The smallest absolute Gasteiger partial charge is 0.0419 e. The molecule has 0 amide bonds. The molecule has 1 unspecified atom stereocenters. The standard InChI is InChI=1S/C18H28N2/c19-20-18(17-13-7-2-1-3-8-14-17)15-9-12-16-10-5-4-6-11-16/h4-6,10-11,13,18,20H,1-3,7-9,12,14-15,19H2/b17-13+. The lowest BCUT2D eigenvalue weighted by atomic mass is 9.92. The Morgan fingerprint density at radius 1 is 1.05 bits per heavy atom. The molecule has 1 aliphatic rings. The van der Waals surface area contributed by atoms with Crippen LogP contribution in [0.2, 0.25) is 0 Å². The molecular formula is C18H28N2. The maximum atomic E-state index is 5.78. The highest BCUT2D eigenvalue weighted by atomic mass is 15.2. The van der Waals surface area contributed by atoms with Gasteiger partial charge in [-0.25, -0.2) is 0 Å². The first-order valence-corrected chi connectivity index (χ1v) is 8.09. The predicted molar refractivity (Wildman–Crippen MR) is 86.3 cm³/mol. The Morgan fingerprint density at radius 3 is 2.65 bits per heavy atom. The molecule has 1 atom stereocenters. The first kappa shape index (κ1) is 15.3. The van der Waals surface area contributed by atoms with Crippen molar-refractivity contribution in [2.45, 2.75) is 63.8 Å². The number of hydrazine groups is 1. The Morgan fingerprint density at radius 2 is 1.85 bits per heavy atom. The number of allylic oxidation sites excluding steroid dienone is 1. The summed E-state index contributed by atoms with van der Waals surface area (Å²) in [6, 6.07) is 11.1. The van der Waals surface area contributed by atoms with Crippen LogP contribution in [0.25, 0.3) is 0 Å². The Bertz CT molecular complexity index is 397. The summed E-state index contributed by atoms with van der Waals surface area (Å²) < 4.78 is 0. The molecule has 3 N–H and O–H groups in total. The van der Waals surface area contributed by atoms with Crippen molar-refractivity contribution in [3.8, 4) is 0 Å². The van der Waals surface area contributed by atoms with Crippen molar-refractivity contribution >= 4 is 0 Å². The van der Waals surface area contributed by atoms with Crippen molar-refractivity contribution in [1.29, 1.82) is 0 Å². The number of nitrogens with two attached hydrogens (primary N) is 1. The number of nitrogens with one attached hydrogen (secondary N) is 1. The highest BCUT2D eigenvalue weighted by molar-refractivity contribution is 5.15. The van der Waals surface area contributed by atoms with Crippen LogP contribution in [0.5, 0.6) is 0 Å². The lowest BCUT2D eigenvalue weighted by molar-refractivity contribution is 0.500. The first-order chi connectivity index (χ1) is 9.90. The Labute approximate surface area is 123 Å². The van der Waals surface area contributed by atoms with Crippen LogP contribution >= 0.6 is 0 Å². The van der Waals surface area contributed by atoms with E-state index in [1.54, 1.807) is 5.57 Å². The van der Waals surface area contributed by atoms with E-state index in [2.05, 4.69) is 41.8 Å². The summed E-state index contributed by atoms with van der Waals surface area (Å²) in [5.41, 5.74) is 6.01. The van der Waals surface area contributed by atoms with Crippen LogP contribution in [0.4, 0.5) is 0 Å². The lowest BCUT2D eigenvalue weighted by Gasteiger charge is -2.21. The van der Waals surface area contributed by atoms with E-state index < -0.39 is 0 Å². The second-order valence-corrected chi connectivity index (χ2v) is 5.83. The molecule has 1 aromatic carbocycles. The van der Waals surface area contributed by atoms with E-state index in [4.69, 9.17) is 5.84 Å². The van der Waals surface area contributed by atoms with Crippen molar-refractivity contribution < 1.29 is 0 Å². The quantitative estimate of drug-likeness (QED) is 0.464. The zero-order valence-electron chi connectivity index (χ0n) is 12.5. The van der Waals surface area contributed by atoms with E-state index >= 15 is 0 Å². The molecular weight excluding hydrogens is 244 g/mol. The van der Waals surface area contributed by atoms with Gasteiger partial charge in [0, 0.05) is 6.04 Å². The molecule has 0 heterocycles. The number of hydrogen-bond donors (Lipinski definition) is 2. The second-order valence-electron chi connectivity index (χ2n) is 5.83. The topological polar surface area (TPSA) is 38.0 Å². The molecule has 0 spiro atoms. The van der Waals surface area contributed by atoms with Gasteiger partial charge in [0.05, 0.1) is 0 Å². The van der Waals surface area contributed by atoms with Gasteiger partial charge in [0.2, 0.25) is 0 Å². The minimum Gasteiger partial charge on any atom is -0.271 e. The first-order valence-electron chi connectivity index (χ1n) is 8.09. The van der Waals surface area contributed by atoms with E-state index in [1.165, 1.54) is 50.5 Å². The number of hydrogen-bond acceptors (Lipinski definition) is 2. The fourth-order valence-electron chi connectivity index (χ4n) is 3.06. The van der Waals surface area contributed by atoms with Crippen LogP contribution in [0, 0.1) is 0 Å². The molecule has 0 fully saturated rings. The fraction of sp³-hybridized carbons (Fsp3) is 0.556. The van der Waals surface area contributed by atoms with E-state index in [0.717, 1.165) is 12.8 Å². The molecule has 0 radical (unpaired) electrons. The molecule has 2 nitrogen and oxygen atoms in total. The van der Waals surface area contributed by atoms with E-state index in [9.17, 15) is 0 Å². The molecule has 1 aliphatic carbocycles. The van der Waals surface area contributed by atoms with Crippen LogP contribution in [-0.4, -0.2) is 6.04 Å². The molecule has 0 saturated carbocycles. The normalized spacial score (nSPS) is 20.6. The minimum absolute atomic E-state index is 0.372. The lowest BCUT2D eigenvalue weighted by Crippen LogP contribution is -2.36. The van der Waals surface area contributed by atoms with E-state index in [1.807, 2.05) is 0 Å². The van der Waals surface area contributed by atoms with Gasteiger partial charge in [0.15, 0.2) is 0 Å². The van der Waals surface area contributed by atoms with Crippen LogP contribution in [0.3, 0.4) is 0 Å². The molecule has 0 aliphatic heterocycles. The Hall–Kier alpha value is -1.12. The molecule has 2 rings (SSSR count). The third-order valence-electron chi connectivity index (χ3n) is 4.28. The summed E-state index contributed by atoms with van der Waals surface area (Å²) in [6.07, 6.45) is 13.8. The summed E-state index contributed by atoms with van der Waals surface area (Å²) in [4.78, 5) is 0. The van der Waals surface area contributed by atoms with Crippen molar-refractivity contribution in [2.24, 2.45) is 5.84 Å². The number of aryl methyl sites for hydroxylation is 1. The van der Waals surface area contributed by atoms with Crippen molar-refractivity contribution in [3.63, 3.8) is 0 Å². The number of rotatable bonds is 6. The molecule has 1 aromatic rings. The van der Waals surface area contributed by atoms with Crippen molar-refractivity contribution in [1.82, 2.24) is 5.43 Å². The van der Waals surface area contributed by atoms with Gasteiger partial charge in [-0.2, -0.15) is 0 Å². The Balaban J connectivity index is 1.81. The highest BCUT2D eigenvalue weighted by Crippen LogP contribution is 2.22. The monoisotopic (exact) mass is 272 g/mol. The van der Waals surface area contributed by atoms with Crippen LogP contribution in [-0.2, 0) is 6.42 Å². The van der Waals surface area contributed by atoms with Gasteiger partial charge in [0.25, 0.3) is 0 Å². The van der Waals surface area contributed by atoms with Gasteiger partial charge in [-0.3, -0.25) is 11.3 Å². The summed E-state index contributed by atoms with van der Waals surface area (Å²) in [7, 11) is 0. The summed E-state index contributed by atoms with van der Waals surface area (Å²) in [5.74, 6) is 5.78. The predicted octanol–water partition coefficient (Wildman–Crippen LogP) is 4.12. The summed E-state index contributed by atoms with van der Waals surface area (Å²) in [5, 5.41) is 0. The molecule has 0 bridgehead atoms. The zero-order chi connectivity index (χ0) is 14.0. The Kier molecular flexibility index (Phi) is 6.82. The van der Waals surface area contributed by atoms with Gasteiger partial charge >= 0.3 is 0 Å². The number of benzene rings is 1. The van der Waals surface area contributed by atoms with Crippen molar-refractivity contribution in [2.75, 3.05) is 0 Å². The SMILES string of the molecule is NNC(CCCc1ccccc1)/C1=C/CCCCCC1. The van der Waals surface area contributed by atoms with Gasteiger partial charge in [-0.1, -0.05) is 54.8 Å². The highest BCUT2D eigenvalue weighted by Gasteiger charge is 2.13. The van der Waals surface area contributed by atoms with E-state index in [0.29, 0.717) is 6.04 Å².